The van der Waals surface area contributed by atoms with Crippen LogP contribution in [0.25, 0.3) is 0 Å². The van der Waals surface area contributed by atoms with Crippen LogP contribution in [0.2, 0.25) is 0 Å². The predicted molar refractivity (Wildman–Crippen MR) is 103 cm³/mol. The van der Waals surface area contributed by atoms with Crippen molar-refractivity contribution in [3.8, 4) is 5.75 Å². The molecule has 144 valence electrons. The summed E-state index contributed by atoms with van der Waals surface area (Å²) in [5.41, 5.74) is 0.505. The fourth-order valence-electron chi connectivity index (χ4n) is 2.92. The van der Waals surface area contributed by atoms with Crippen LogP contribution in [0.5, 0.6) is 5.75 Å². The topological polar surface area (TPSA) is 91.8 Å². The average Bonchev–Trinajstić information content (AvgIpc) is 3.15. The molecule has 0 saturated heterocycles. The quantitative estimate of drug-likeness (QED) is 0.791. The van der Waals surface area contributed by atoms with Gasteiger partial charge in [-0.15, -0.1) is 11.3 Å². The van der Waals surface area contributed by atoms with E-state index < -0.39 is 5.60 Å². The van der Waals surface area contributed by atoms with Crippen LogP contribution >= 0.6 is 11.3 Å². The number of carbonyl (C=O) groups is 2. The van der Waals surface area contributed by atoms with Crippen LogP contribution in [-0.4, -0.2) is 45.6 Å². The van der Waals surface area contributed by atoms with E-state index in [9.17, 15) is 14.7 Å². The second-order valence-corrected chi connectivity index (χ2v) is 7.70. The SMILES string of the molecule is CC[C@@]1(C)CC(=O)c2cc(NC(=O)N(CCO)Cc3nccs3)ccc2O1. The van der Waals surface area contributed by atoms with Crippen molar-refractivity contribution in [1.29, 1.82) is 0 Å². The first-order valence-corrected chi connectivity index (χ1v) is 9.73. The van der Waals surface area contributed by atoms with Gasteiger partial charge in [0.15, 0.2) is 5.78 Å². The van der Waals surface area contributed by atoms with Crippen molar-refractivity contribution in [2.24, 2.45) is 0 Å². The molecule has 2 amide bonds. The number of ketones is 1. The molecule has 2 aromatic rings. The molecule has 0 unspecified atom stereocenters. The minimum atomic E-state index is -0.486. The van der Waals surface area contributed by atoms with E-state index in [1.165, 1.54) is 16.2 Å². The molecule has 0 aliphatic carbocycles. The number of thiazole rings is 1. The minimum absolute atomic E-state index is 0.00620. The summed E-state index contributed by atoms with van der Waals surface area (Å²) in [6.07, 6.45) is 2.73. The van der Waals surface area contributed by atoms with Crippen molar-refractivity contribution in [1.82, 2.24) is 9.88 Å². The van der Waals surface area contributed by atoms with Crippen LogP contribution in [0.3, 0.4) is 0 Å². The number of nitrogens with zero attached hydrogens (tertiary/aromatic N) is 2. The van der Waals surface area contributed by atoms with Gasteiger partial charge in [-0.2, -0.15) is 0 Å². The van der Waals surface area contributed by atoms with Gasteiger partial charge in [0.1, 0.15) is 16.4 Å². The summed E-state index contributed by atoms with van der Waals surface area (Å²) in [6, 6.07) is 4.71. The van der Waals surface area contributed by atoms with E-state index >= 15 is 0 Å². The van der Waals surface area contributed by atoms with E-state index in [4.69, 9.17) is 4.74 Å². The van der Waals surface area contributed by atoms with Crippen molar-refractivity contribution in [3.63, 3.8) is 0 Å². The summed E-state index contributed by atoms with van der Waals surface area (Å²) in [5.74, 6) is 0.551. The number of ether oxygens (including phenoxy) is 1. The average molecular weight is 389 g/mol. The smallest absolute Gasteiger partial charge is 0.322 e. The highest BCUT2D eigenvalue weighted by atomic mass is 32.1. The van der Waals surface area contributed by atoms with E-state index in [0.29, 0.717) is 30.0 Å². The van der Waals surface area contributed by atoms with Crippen LogP contribution < -0.4 is 10.1 Å². The van der Waals surface area contributed by atoms with Crippen molar-refractivity contribution >= 4 is 28.8 Å². The van der Waals surface area contributed by atoms with Crippen molar-refractivity contribution in [2.75, 3.05) is 18.5 Å². The molecule has 1 aliphatic rings. The van der Waals surface area contributed by atoms with Gasteiger partial charge >= 0.3 is 6.03 Å². The third-order valence-electron chi connectivity index (χ3n) is 4.64. The molecule has 0 spiro atoms. The standard InChI is InChI=1S/C19H23N3O4S/c1-3-19(2)11-15(24)14-10-13(4-5-16(14)26-19)21-18(25)22(7-8-23)12-17-20-6-9-27-17/h4-6,9-10,23H,3,7-8,11-12H2,1-2H3,(H,21,25)/t19-/m0/s1. The number of nitrogens with one attached hydrogen (secondary N) is 1. The van der Waals surface area contributed by atoms with Crippen molar-refractivity contribution in [2.45, 2.75) is 38.8 Å². The number of Topliss-reactive ketones (excluding diaryl/α,β-unsaturated/α-hetero) is 1. The number of fused-ring (bicyclic) bond motifs is 1. The Morgan fingerprint density at radius 3 is 2.96 bits per heavy atom. The first-order valence-electron chi connectivity index (χ1n) is 8.85. The Labute approximate surface area is 162 Å². The molecular formula is C19H23N3O4S. The highest BCUT2D eigenvalue weighted by Gasteiger charge is 2.35. The number of carbonyl (C=O) groups excluding carboxylic acids is 2. The Balaban J connectivity index is 1.74. The molecule has 1 atom stereocenters. The molecular weight excluding hydrogens is 366 g/mol. The molecule has 0 radical (unpaired) electrons. The van der Waals surface area contributed by atoms with E-state index in [2.05, 4.69) is 10.3 Å². The van der Waals surface area contributed by atoms with Crippen molar-refractivity contribution in [3.05, 3.63) is 40.3 Å². The molecule has 3 rings (SSSR count). The molecule has 2 heterocycles. The summed E-state index contributed by atoms with van der Waals surface area (Å²) in [4.78, 5) is 30.7. The number of hydrogen-bond donors (Lipinski definition) is 2. The fraction of sp³-hybridized carbons (Fsp3) is 0.421. The molecule has 8 heteroatoms. The van der Waals surface area contributed by atoms with E-state index in [0.717, 1.165) is 11.4 Å². The number of aromatic nitrogens is 1. The van der Waals surface area contributed by atoms with Gasteiger partial charge in [0.25, 0.3) is 0 Å². The minimum Gasteiger partial charge on any atom is -0.486 e. The summed E-state index contributed by atoms with van der Waals surface area (Å²) < 4.78 is 5.97. The number of benzene rings is 1. The molecule has 2 N–H and O–H groups in total. The highest BCUT2D eigenvalue weighted by molar-refractivity contribution is 7.09. The summed E-state index contributed by atoms with van der Waals surface area (Å²) in [6.45, 7) is 4.27. The Hall–Kier alpha value is -2.45. The Kier molecular flexibility index (Phi) is 5.76. The molecule has 0 saturated carbocycles. The number of anilines is 1. The number of aliphatic hydroxyl groups is 1. The molecule has 1 aromatic heterocycles. The number of aliphatic hydroxyl groups excluding tert-OH is 1. The van der Waals surface area contributed by atoms with Gasteiger partial charge in [-0.05, 0) is 31.5 Å². The number of hydrogen-bond acceptors (Lipinski definition) is 6. The predicted octanol–water partition coefficient (Wildman–Crippen LogP) is 3.30. The van der Waals surface area contributed by atoms with Gasteiger partial charge in [-0.25, -0.2) is 9.78 Å². The number of amides is 2. The third-order valence-corrected chi connectivity index (χ3v) is 5.40. The Morgan fingerprint density at radius 1 is 1.48 bits per heavy atom. The lowest BCUT2D eigenvalue weighted by atomic mass is 9.89. The molecule has 1 aliphatic heterocycles. The molecule has 0 fully saturated rings. The van der Waals surface area contributed by atoms with E-state index in [-0.39, 0.29) is 25.0 Å². The van der Waals surface area contributed by atoms with Crippen LogP contribution in [0.4, 0.5) is 10.5 Å². The van der Waals surface area contributed by atoms with Gasteiger partial charge in [-0.1, -0.05) is 6.92 Å². The second kappa shape index (κ2) is 8.06. The van der Waals surface area contributed by atoms with Gasteiger partial charge in [0.2, 0.25) is 0 Å². The lowest BCUT2D eigenvalue weighted by molar-refractivity contribution is 0.0499. The van der Waals surface area contributed by atoms with Gasteiger partial charge < -0.3 is 20.1 Å². The maximum absolute atomic E-state index is 12.6. The summed E-state index contributed by atoms with van der Waals surface area (Å²) >= 11 is 1.45. The number of urea groups is 1. The summed E-state index contributed by atoms with van der Waals surface area (Å²) in [7, 11) is 0. The van der Waals surface area contributed by atoms with Crippen LogP contribution in [-0.2, 0) is 6.54 Å². The lowest BCUT2D eigenvalue weighted by Crippen LogP contribution is -2.38. The fourth-order valence-corrected chi connectivity index (χ4v) is 3.55. The summed E-state index contributed by atoms with van der Waals surface area (Å²) in [5, 5.41) is 14.7. The largest absolute Gasteiger partial charge is 0.486 e. The van der Waals surface area contributed by atoms with Crippen LogP contribution in [0.1, 0.15) is 42.1 Å². The van der Waals surface area contributed by atoms with Crippen molar-refractivity contribution < 1.29 is 19.4 Å². The van der Waals surface area contributed by atoms with Gasteiger partial charge in [0.05, 0.1) is 25.1 Å². The first kappa shape index (κ1) is 19.3. The zero-order valence-electron chi connectivity index (χ0n) is 15.4. The van der Waals surface area contributed by atoms with E-state index in [1.807, 2.05) is 19.2 Å². The zero-order chi connectivity index (χ0) is 19.4. The molecule has 27 heavy (non-hydrogen) atoms. The van der Waals surface area contributed by atoms with Crippen LogP contribution in [0, 0.1) is 0 Å². The molecule has 0 bridgehead atoms. The van der Waals surface area contributed by atoms with Gasteiger partial charge in [-0.3, -0.25) is 4.79 Å². The highest BCUT2D eigenvalue weighted by Crippen LogP contribution is 2.36. The second-order valence-electron chi connectivity index (χ2n) is 6.72. The normalized spacial score (nSPS) is 18.6. The van der Waals surface area contributed by atoms with Gasteiger partial charge in [0, 0.05) is 23.8 Å². The molecule has 7 nitrogen and oxygen atoms in total. The number of rotatable bonds is 6. The Bertz CT molecular complexity index is 824. The van der Waals surface area contributed by atoms with E-state index in [1.54, 1.807) is 24.4 Å². The van der Waals surface area contributed by atoms with Crippen LogP contribution in [0.15, 0.2) is 29.8 Å². The Morgan fingerprint density at radius 2 is 2.30 bits per heavy atom. The monoisotopic (exact) mass is 389 g/mol. The molecule has 1 aromatic carbocycles. The maximum atomic E-state index is 12.6. The first-order chi connectivity index (χ1) is 12.9. The zero-order valence-corrected chi connectivity index (χ0v) is 16.2. The third kappa shape index (κ3) is 4.45. The maximum Gasteiger partial charge on any atom is 0.322 e. The lowest BCUT2D eigenvalue weighted by Gasteiger charge is -2.34.